The van der Waals surface area contributed by atoms with Gasteiger partial charge in [0.25, 0.3) is 0 Å². The molecule has 0 atom stereocenters. The van der Waals surface area contributed by atoms with Gasteiger partial charge < -0.3 is 10.2 Å². The van der Waals surface area contributed by atoms with Gasteiger partial charge in [0.2, 0.25) is 5.91 Å². The Morgan fingerprint density at radius 1 is 1.23 bits per heavy atom. The SMILES string of the molecule is CC(=O)Nc1cccc(CO/N=C(\C(=N)N(C)N=N)c2ccccc2)n1. The van der Waals surface area contributed by atoms with Crippen LogP contribution in [0.25, 0.3) is 0 Å². The first kappa shape index (κ1) is 18.7. The van der Waals surface area contributed by atoms with Gasteiger partial charge in [-0.15, -0.1) is 0 Å². The molecule has 0 saturated heterocycles. The fourth-order valence-corrected chi connectivity index (χ4v) is 2.00. The molecule has 0 aliphatic carbocycles. The van der Waals surface area contributed by atoms with Crippen LogP contribution in [0.15, 0.2) is 58.9 Å². The van der Waals surface area contributed by atoms with Crippen molar-refractivity contribution in [1.82, 2.24) is 9.99 Å². The number of amides is 1. The number of nitrogens with zero attached hydrogens (tertiary/aromatic N) is 4. The molecule has 0 radical (unpaired) electrons. The molecule has 0 aliphatic heterocycles. The van der Waals surface area contributed by atoms with Gasteiger partial charge in [-0.2, -0.15) is 5.53 Å². The fourth-order valence-electron chi connectivity index (χ4n) is 2.00. The average Bonchev–Trinajstić information content (AvgIpc) is 2.64. The van der Waals surface area contributed by atoms with Gasteiger partial charge in [-0.1, -0.05) is 46.8 Å². The minimum atomic E-state index is -0.212. The van der Waals surface area contributed by atoms with E-state index in [2.05, 4.69) is 20.7 Å². The second-order valence-corrected chi connectivity index (χ2v) is 5.25. The van der Waals surface area contributed by atoms with Crippen LogP contribution in [0.5, 0.6) is 0 Å². The summed E-state index contributed by atoms with van der Waals surface area (Å²) < 4.78 is 0. The van der Waals surface area contributed by atoms with Gasteiger partial charge in [-0.3, -0.25) is 10.2 Å². The van der Waals surface area contributed by atoms with Crippen molar-refractivity contribution in [3.05, 3.63) is 59.8 Å². The maximum atomic E-state index is 11.1. The van der Waals surface area contributed by atoms with Crippen LogP contribution in [0.1, 0.15) is 18.2 Å². The fraction of sp³-hybridized carbons (Fsp3) is 0.176. The van der Waals surface area contributed by atoms with E-state index in [1.165, 1.54) is 14.0 Å². The van der Waals surface area contributed by atoms with Crippen molar-refractivity contribution in [2.24, 2.45) is 10.4 Å². The Balaban J connectivity index is 2.16. The van der Waals surface area contributed by atoms with Crippen molar-refractivity contribution in [3.8, 4) is 0 Å². The third-order valence-corrected chi connectivity index (χ3v) is 3.22. The Kier molecular flexibility index (Phi) is 6.49. The second-order valence-electron chi connectivity index (χ2n) is 5.25. The Labute approximate surface area is 150 Å². The Morgan fingerprint density at radius 3 is 2.62 bits per heavy atom. The molecule has 0 bridgehead atoms. The quantitative estimate of drug-likeness (QED) is 0.306. The minimum absolute atomic E-state index is 0.0543. The zero-order valence-corrected chi connectivity index (χ0v) is 14.4. The number of amidine groups is 1. The predicted molar refractivity (Wildman–Crippen MR) is 96.9 cm³/mol. The van der Waals surface area contributed by atoms with Crippen LogP contribution < -0.4 is 5.32 Å². The number of pyridine rings is 1. The summed E-state index contributed by atoms with van der Waals surface area (Å²) >= 11 is 0. The molecule has 0 unspecified atom stereocenters. The molecule has 1 heterocycles. The number of aromatic nitrogens is 1. The number of anilines is 1. The molecule has 2 rings (SSSR count). The van der Waals surface area contributed by atoms with Gasteiger partial charge >= 0.3 is 0 Å². The number of hydrogen-bond donors (Lipinski definition) is 3. The molecule has 1 aromatic carbocycles. The van der Waals surface area contributed by atoms with Crippen LogP contribution in [0.2, 0.25) is 0 Å². The van der Waals surface area contributed by atoms with Crippen molar-refractivity contribution < 1.29 is 9.63 Å². The number of likely N-dealkylation sites (N-methyl/N-ethyl adjacent to an activating group) is 1. The summed E-state index contributed by atoms with van der Waals surface area (Å²) in [7, 11) is 1.48. The standard InChI is InChI=1S/C17H19N7O2/c1-12(25)20-15-10-6-9-14(21-15)11-26-22-16(17(18)24(2)23-19)13-7-4-3-5-8-13/h3-10,18-19H,11H2,1-2H3,(H,20,21,25)/b18-17?,22-16-,23-19?. The molecule has 0 fully saturated rings. The molecule has 2 aromatic rings. The number of hydrogen-bond acceptors (Lipinski definition) is 7. The molecule has 0 aliphatic rings. The molecule has 0 saturated carbocycles. The van der Waals surface area contributed by atoms with E-state index in [1.807, 2.05) is 18.2 Å². The molecular weight excluding hydrogens is 334 g/mol. The van der Waals surface area contributed by atoms with Gasteiger partial charge in [0.15, 0.2) is 18.2 Å². The summed E-state index contributed by atoms with van der Waals surface area (Å²) in [4.78, 5) is 20.7. The summed E-state index contributed by atoms with van der Waals surface area (Å²) in [6, 6.07) is 14.2. The summed E-state index contributed by atoms with van der Waals surface area (Å²) in [5, 5.41) is 19.0. The van der Waals surface area contributed by atoms with E-state index in [9.17, 15) is 4.79 Å². The molecule has 9 heteroatoms. The maximum absolute atomic E-state index is 11.1. The van der Waals surface area contributed by atoms with Gasteiger partial charge in [-0.25, -0.2) is 9.99 Å². The highest BCUT2D eigenvalue weighted by molar-refractivity contribution is 6.46. The highest BCUT2D eigenvalue weighted by Gasteiger charge is 2.15. The first-order valence-electron chi connectivity index (χ1n) is 7.70. The van der Waals surface area contributed by atoms with Crippen LogP contribution in [0, 0.1) is 10.9 Å². The molecule has 1 aromatic heterocycles. The zero-order valence-electron chi connectivity index (χ0n) is 14.4. The average molecular weight is 353 g/mol. The molecule has 134 valence electrons. The minimum Gasteiger partial charge on any atom is -0.389 e. The van der Waals surface area contributed by atoms with Gasteiger partial charge in [0.1, 0.15) is 5.82 Å². The molecular formula is C17H19N7O2. The maximum Gasteiger partial charge on any atom is 0.222 e. The van der Waals surface area contributed by atoms with Crippen molar-refractivity contribution in [2.45, 2.75) is 13.5 Å². The van der Waals surface area contributed by atoms with Crippen LogP contribution in [-0.4, -0.2) is 34.5 Å². The lowest BCUT2D eigenvalue weighted by atomic mass is 10.1. The van der Waals surface area contributed by atoms with E-state index in [0.29, 0.717) is 17.1 Å². The Hall–Kier alpha value is -3.62. The van der Waals surface area contributed by atoms with E-state index in [0.717, 1.165) is 5.01 Å². The largest absolute Gasteiger partial charge is 0.389 e. The summed E-state index contributed by atoms with van der Waals surface area (Å²) in [6.45, 7) is 1.46. The van der Waals surface area contributed by atoms with Crippen molar-refractivity contribution in [3.63, 3.8) is 0 Å². The number of carbonyl (C=O) groups is 1. The van der Waals surface area contributed by atoms with Crippen molar-refractivity contribution in [1.29, 1.82) is 10.9 Å². The molecule has 1 amide bonds. The van der Waals surface area contributed by atoms with Crippen molar-refractivity contribution in [2.75, 3.05) is 12.4 Å². The summed E-state index contributed by atoms with van der Waals surface area (Å²) in [5.74, 6) is 0.132. The number of carbonyl (C=O) groups excluding carboxylic acids is 1. The number of benzene rings is 1. The van der Waals surface area contributed by atoms with Crippen LogP contribution in [0.3, 0.4) is 0 Å². The lowest BCUT2D eigenvalue weighted by Crippen LogP contribution is -2.29. The van der Waals surface area contributed by atoms with E-state index in [-0.39, 0.29) is 24.1 Å². The monoisotopic (exact) mass is 353 g/mol. The van der Waals surface area contributed by atoms with E-state index in [1.54, 1.807) is 30.3 Å². The first-order chi connectivity index (χ1) is 12.5. The molecule has 9 nitrogen and oxygen atoms in total. The molecule has 3 N–H and O–H groups in total. The third-order valence-electron chi connectivity index (χ3n) is 3.22. The highest BCUT2D eigenvalue weighted by atomic mass is 16.6. The van der Waals surface area contributed by atoms with E-state index < -0.39 is 0 Å². The second kappa shape index (κ2) is 9.02. The lowest BCUT2D eigenvalue weighted by molar-refractivity contribution is -0.114. The van der Waals surface area contributed by atoms with Gasteiger partial charge in [-0.05, 0) is 12.1 Å². The van der Waals surface area contributed by atoms with Crippen LogP contribution in [-0.2, 0) is 16.2 Å². The van der Waals surface area contributed by atoms with Crippen molar-refractivity contribution >= 4 is 23.3 Å². The number of rotatable bonds is 7. The van der Waals surface area contributed by atoms with E-state index >= 15 is 0 Å². The number of nitrogens with one attached hydrogen (secondary N) is 3. The number of oxime groups is 1. The molecule has 0 spiro atoms. The van der Waals surface area contributed by atoms with Crippen LogP contribution in [0.4, 0.5) is 5.82 Å². The smallest absolute Gasteiger partial charge is 0.222 e. The summed E-state index contributed by atoms with van der Waals surface area (Å²) in [6.07, 6.45) is 0. The lowest BCUT2D eigenvalue weighted by Gasteiger charge is -2.14. The third kappa shape index (κ3) is 5.20. The van der Waals surface area contributed by atoms with E-state index in [4.69, 9.17) is 15.8 Å². The predicted octanol–water partition coefficient (Wildman–Crippen LogP) is 2.82. The summed E-state index contributed by atoms with van der Waals surface area (Å²) in [5.41, 5.74) is 8.52. The Morgan fingerprint density at radius 2 is 1.96 bits per heavy atom. The first-order valence-corrected chi connectivity index (χ1v) is 7.70. The normalized spacial score (nSPS) is 10.8. The zero-order chi connectivity index (χ0) is 18.9. The van der Waals surface area contributed by atoms with Crippen LogP contribution >= 0.6 is 0 Å². The highest BCUT2D eigenvalue weighted by Crippen LogP contribution is 2.09. The topological polar surface area (TPSA) is 127 Å². The molecule has 26 heavy (non-hydrogen) atoms. The van der Waals surface area contributed by atoms with Gasteiger partial charge in [0.05, 0.1) is 5.69 Å². The van der Waals surface area contributed by atoms with Gasteiger partial charge in [0, 0.05) is 19.5 Å². The Bertz CT molecular complexity index is 821.